The molecule has 0 aliphatic carbocycles. The van der Waals surface area contributed by atoms with E-state index >= 15 is 0 Å². The Balaban J connectivity index is 1.29. The number of aromatic nitrogens is 4. The Hall–Kier alpha value is -2.44. The summed E-state index contributed by atoms with van der Waals surface area (Å²) < 4.78 is 37.1. The first-order valence-electron chi connectivity index (χ1n) is 18.7. The Labute approximate surface area is 299 Å². The minimum atomic E-state index is -4.42. The Morgan fingerprint density at radius 1 is 0.820 bits per heavy atom. The van der Waals surface area contributed by atoms with Gasteiger partial charge < -0.3 is 43.6 Å². The van der Waals surface area contributed by atoms with Crippen LogP contribution >= 0.6 is 7.60 Å². The monoisotopic (exact) mass is 718 g/mol. The summed E-state index contributed by atoms with van der Waals surface area (Å²) in [5, 5.41) is 9.84. The first kappa shape index (κ1) is 42.0. The lowest BCUT2D eigenvalue weighted by Gasteiger charge is -2.28. The number of nitrogens with two attached hydrogens (primary N) is 1. The Kier molecular flexibility index (Phi) is 21.4. The van der Waals surface area contributed by atoms with Crippen LogP contribution in [-0.4, -0.2) is 69.6 Å². The van der Waals surface area contributed by atoms with Crippen LogP contribution in [0.1, 0.15) is 115 Å². The van der Waals surface area contributed by atoms with Crippen molar-refractivity contribution in [2.24, 2.45) is 0 Å². The summed E-state index contributed by atoms with van der Waals surface area (Å²) in [5.74, 6) is 0.228. The third-order valence-electron chi connectivity index (χ3n) is 8.73. The van der Waals surface area contributed by atoms with Gasteiger partial charge >= 0.3 is 0 Å². The number of imidazole rings is 1. The van der Waals surface area contributed by atoms with Crippen LogP contribution in [0.15, 0.2) is 43.0 Å². The number of anilines is 1. The normalized spacial score (nSPS) is 14.2. The fourth-order valence-electron chi connectivity index (χ4n) is 5.75. The van der Waals surface area contributed by atoms with Crippen LogP contribution in [0.25, 0.3) is 11.2 Å². The van der Waals surface area contributed by atoms with Gasteiger partial charge in [-0.25, -0.2) is 15.0 Å². The van der Waals surface area contributed by atoms with Gasteiger partial charge in [0.2, 0.25) is 0 Å². The van der Waals surface area contributed by atoms with Crippen molar-refractivity contribution in [1.82, 2.24) is 19.5 Å². The molecule has 0 saturated heterocycles. The van der Waals surface area contributed by atoms with Crippen LogP contribution in [0.4, 0.5) is 5.82 Å². The van der Waals surface area contributed by atoms with Crippen molar-refractivity contribution < 1.29 is 33.3 Å². The number of unbranched alkanes of at least 4 members (excludes halogenated alkanes) is 15. The Morgan fingerprint density at radius 2 is 1.44 bits per heavy atom. The lowest BCUT2D eigenvalue weighted by molar-refractivity contribution is -0.208. The van der Waals surface area contributed by atoms with Gasteiger partial charge in [0.05, 0.1) is 45.4 Å². The summed E-state index contributed by atoms with van der Waals surface area (Å²) in [6, 6.07) is 9.67. The van der Waals surface area contributed by atoms with Crippen LogP contribution < -0.4 is 10.6 Å². The fourth-order valence-corrected chi connectivity index (χ4v) is 6.61. The molecule has 0 radical (unpaired) electrons. The van der Waals surface area contributed by atoms with E-state index in [4.69, 9.17) is 24.5 Å². The number of benzene rings is 1. The van der Waals surface area contributed by atoms with Crippen molar-refractivity contribution in [2.75, 3.05) is 38.5 Å². The number of hydrogen-bond acceptors (Lipinski definition) is 11. The van der Waals surface area contributed by atoms with E-state index in [0.717, 1.165) is 18.4 Å². The topological polar surface area (TPSA) is 167 Å². The van der Waals surface area contributed by atoms with Crippen molar-refractivity contribution in [3.63, 3.8) is 0 Å². The largest absolute Gasteiger partial charge is 0.777 e. The van der Waals surface area contributed by atoms with Crippen molar-refractivity contribution in [3.05, 3.63) is 48.5 Å². The van der Waals surface area contributed by atoms with E-state index in [2.05, 4.69) is 21.9 Å². The highest BCUT2D eigenvalue weighted by molar-refractivity contribution is 7.51. The molecule has 0 amide bonds. The number of nitrogens with zero attached hydrogens (tertiary/aromatic N) is 4. The molecule has 0 saturated carbocycles. The maximum absolute atomic E-state index is 12.8. The number of aliphatic hydroxyl groups excluding tert-OH is 1. The van der Waals surface area contributed by atoms with E-state index in [-0.39, 0.29) is 25.6 Å². The number of rotatable bonds is 31. The van der Waals surface area contributed by atoms with E-state index < -0.39 is 32.8 Å². The molecule has 3 atom stereocenters. The van der Waals surface area contributed by atoms with Crippen molar-refractivity contribution in [3.8, 4) is 0 Å². The first-order chi connectivity index (χ1) is 24.4. The standard InChI is InChI=1S/C37H62N5O7P/c1-2-3-4-5-6-7-8-9-10-11-12-13-14-15-16-20-23-46-27-34(47-26-32-21-18-17-19-22-32)28-49-50(44,45)31-48-33(25-43)24-42-30-41-35-36(38)39-29-40-37(35)42/h17-19,21-22,29-30,33-34,43H,2-16,20,23-28,31H2,1H3,(H,44,45)(H2,38,39,40)/p-1/t33-,34-/m0/s1. The number of nitrogen functional groups attached to an aromatic ring is 1. The molecule has 3 aromatic rings. The summed E-state index contributed by atoms with van der Waals surface area (Å²) in [6.45, 7) is 2.85. The van der Waals surface area contributed by atoms with Gasteiger partial charge in [0.1, 0.15) is 24.3 Å². The maximum Gasteiger partial charge on any atom is 0.165 e. The Bertz CT molecular complexity index is 1330. The first-order valence-corrected chi connectivity index (χ1v) is 20.5. The van der Waals surface area contributed by atoms with Crippen LogP contribution in [-0.2, 0) is 36.5 Å². The number of ether oxygens (including phenoxy) is 3. The van der Waals surface area contributed by atoms with Crippen LogP contribution in [0.2, 0.25) is 0 Å². The van der Waals surface area contributed by atoms with Crippen LogP contribution in [0, 0.1) is 0 Å². The lowest BCUT2D eigenvalue weighted by Crippen LogP contribution is -2.29. The summed E-state index contributed by atoms with van der Waals surface area (Å²) in [5.41, 5.74) is 7.68. The predicted molar refractivity (Wildman–Crippen MR) is 196 cm³/mol. The third kappa shape index (κ3) is 17.7. The van der Waals surface area contributed by atoms with Gasteiger partial charge in [0.15, 0.2) is 19.1 Å². The molecule has 282 valence electrons. The second-order valence-corrected chi connectivity index (χ2v) is 14.9. The smallest absolute Gasteiger partial charge is 0.165 e. The van der Waals surface area contributed by atoms with E-state index in [0.29, 0.717) is 24.4 Å². The van der Waals surface area contributed by atoms with E-state index in [9.17, 15) is 14.6 Å². The fraction of sp³-hybridized carbons (Fsp3) is 0.703. The summed E-state index contributed by atoms with van der Waals surface area (Å²) in [6.07, 6.45) is 21.6. The van der Waals surface area contributed by atoms with E-state index in [1.54, 1.807) is 4.57 Å². The van der Waals surface area contributed by atoms with Gasteiger partial charge in [-0.3, -0.25) is 0 Å². The number of fused-ring (bicyclic) bond motifs is 1. The highest BCUT2D eigenvalue weighted by Crippen LogP contribution is 2.37. The highest BCUT2D eigenvalue weighted by Gasteiger charge is 2.20. The SMILES string of the molecule is CCCCCCCCCCCCCCCCCCOC[C@@H](COP(=O)([O-])CO[C@H](CO)Cn1cnc2c(N)ncnc21)OCc1ccccc1. The third-order valence-corrected chi connectivity index (χ3v) is 9.74. The molecule has 2 heterocycles. The zero-order valence-electron chi connectivity index (χ0n) is 30.2. The molecule has 1 aromatic carbocycles. The van der Waals surface area contributed by atoms with Gasteiger partial charge in [-0.1, -0.05) is 134 Å². The quantitative estimate of drug-likeness (QED) is 0.0511. The summed E-state index contributed by atoms with van der Waals surface area (Å²) in [7, 11) is -4.42. The minimum Gasteiger partial charge on any atom is -0.777 e. The Morgan fingerprint density at radius 3 is 2.06 bits per heavy atom. The summed E-state index contributed by atoms with van der Waals surface area (Å²) >= 11 is 0. The van der Waals surface area contributed by atoms with Crippen molar-refractivity contribution >= 4 is 24.6 Å². The molecule has 0 aliphatic heterocycles. The van der Waals surface area contributed by atoms with Gasteiger partial charge in [0, 0.05) is 6.61 Å². The number of hydrogen-bond donors (Lipinski definition) is 2. The molecule has 2 aromatic heterocycles. The zero-order valence-corrected chi connectivity index (χ0v) is 31.1. The molecule has 13 heteroatoms. The molecular formula is C37H61N5O7P-. The van der Waals surface area contributed by atoms with Crippen LogP contribution in [0.5, 0.6) is 0 Å². The molecule has 3 rings (SSSR count). The molecule has 0 bridgehead atoms. The molecular weight excluding hydrogens is 657 g/mol. The van der Waals surface area contributed by atoms with Gasteiger partial charge in [-0.05, 0) is 12.0 Å². The maximum atomic E-state index is 12.8. The molecule has 0 spiro atoms. The molecule has 0 aliphatic rings. The summed E-state index contributed by atoms with van der Waals surface area (Å²) in [4.78, 5) is 25.0. The minimum absolute atomic E-state index is 0.111. The molecule has 3 N–H and O–H groups in total. The molecule has 12 nitrogen and oxygen atoms in total. The number of aliphatic hydroxyl groups is 1. The molecule has 1 unspecified atom stereocenters. The van der Waals surface area contributed by atoms with Crippen molar-refractivity contribution in [1.29, 1.82) is 0 Å². The molecule has 0 fully saturated rings. The second kappa shape index (κ2) is 25.5. The van der Waals surface area contributed by atoms with Gasteiger partial charge in [-0.15, -0.1) is 0 Å². The molecule has 50 heavy (non-hydrogen) atoms. The average molecular weight is 719 g/mol. The highest BCUT2D eigenvalue weighted by atomic mass is 31.2. The predicted octanol–water partition coefficient (Wildman–Crippen LogP) is 7.18. The second-order valence-electron chi connectivity index (χ2n) is 13.1. The lowest BCUT2D eigenvalue weighted by atomic mass is 10.0. The van der Waals surface area contributed by atoms with Gasteiger partial charge in [-0.2, -0.15) is 0 Å². The van der Waals surface area contributed by atoms with Crippen molar-refractivity contribution in [2.45, 2.75) is 135 Å². The zero-order chi connectivity index (χ0) is 35.7. The van der Waals surface area contributed by atoms with Crippen LogP contribution in [0.3, 0.4) is 0 Å². The average Bonchev–Trinajstić information content (AvgIpc) is 3.54. The van der Waals surface area contributed by atoms with Gasteiger partial charge in [0.25, 0.3) is 0 Å². The van der Waals surface area contributed by atoms with E-state index in [1.165, 1.54) is 103 Å². The van der Waals surface area contributed by atoms with E-state index in [1.807, 2.05) is 30.3 Å².